The molecule has 0 fully saturated rings. The Hall–Kier alpha value is -1.56. The molecule has 0 amide bonds. The first-order valence-corrected chi connectivity index (χ1v) is 5.80. The molecule has 1 aliphatic rings. The van der Waals surface area contributed by atoms with Gasteiger partial charge in [-0.2, -0.15) is 0 Å². The van der Waals surface area contributed by atoms with E-state index in [1.165, 1.54) is 11.1 Å². The summed E-state index contributed by atoms with van der Waals surface area (Å²) >= 11 is 0. The first kappa shape index (κ1) is 10.9. The summed E-state index contributed by atoms with van der Waals surface area (Å²) in [7, 11) is 0. The molecule has 1 aromatic carbocycles. The molecule has 0 unspecified atom stereocenters. The fourth-order valence-electron chi connectivity index (χ4n) is 2.67. The normalized spacial score (nSPS) is 16.5. The molecule has 82 valence electrons. The van der Waals surface area contributed by atoms with Gasteiger partial charge in [-0.25, -0.2) is 0 Å². The third kappa shape index (κ3) is 1.76. The van der Waals surface area contributed by atoms with Crippen molar-refractivity contribution in [1.82, 2.24) is 0 Å². The van der Waals surface area contributed by atoms with Gasteiger partial charge in [-0.15, -0.1) is 13.2 Å². The van der Waals surface area contributed by atoms with Crippen LogP contribution in [0.4, 0.5) is 0 Å². The highest BCUT2D eigenvalue weighted by atomic mass is 14.3. The highest BCUT2D eigenvalue weighted by Crippen LogP contribution is 2.41. The lowest BCUT2D eigenvalue weighted by Gasteiger charge is -2.35. The molecule has 0 bridgehead atoms. The molecule has 1 aliphatic carbocycles. The molecule has 0 nitrogen and oxygen atoms in total. The summed E-state index contributed by atoms with van der Waals surface area (Å²) < 4.78 is 0. The molecule has 0 N–H and O–H groups in total. The van der Waals surface area contributed by atoms with E-state index in [2.05, 4.69) is 49.6 Å². The maximum atomic E-state index is 3.90. The molecule has 1 aromatic rings. The quantitative estimate of drug-likeness (QED) is 0.642. The molecule has 16 heavy (non-hydrogen) atoms. The van der Waals surface area contributed by atoms with Crippen LogP contribution in [0.3, 0.4) is 0 Å². The SMILES string of the molecule is C=CCC1(CC=C)CC=Cc2ccccc21. The standard InChI is InChI=1S/C16H18/c1-3-11-16(12-4-2)13-7-9-14-8-5-6-10-15(14)16/h3-10H,1-2,11-13H2. The van der Waals surface area contributed by atoms with Crippen LogP contribution in [0.2, 0.25) is 0 Å². The van der Waals surface area contributed by atoms with Crippen LogP contribution in [0.1, 0.15) is 30.4 Å². The molecule has 0 spiro atoms. The van der Waals surface area contributed by atoms with Crippen LogP contribution in [-0.4, -0.2) is 0 Å². The van der Waals surface area contributed by atoms with Gasteiger partial charge in [0.2, 0.25) is 0 Å². The average molecular weight is 210 g/mol. The lowest BCUT2D eigenvalue weighted by atomic mass is 9.68. The number of benzene rings is 1. The minimum Gasteiger partial charge on any atom is -0.103 e. The van der Waals surface area contributed by atoms with Crippen LogP contribution < -0.4 is 0 Å². The number of hydrogen-bond acceptors (Lipinski definition) is 0. The first-order chi connectivity index (χ1) is 7.82. The Bertz CT molecular complexity index is 413. The van der Waals surface area contributed by atoms with Gasteiger partial charge in [-0.05, 0) is 30.4 Å². The largest absolute Gasteiger partial charge is 0.103 e. The van der Waals surface area contributed by atoms with Gasteiger partial charge in [0.1, 0.15) is 0 Å². The molecule has 0 saturated carbocycles. The maximum absolute atomic E-state index is 3.90. The summed E-state index contributed by atoms with van der Waals surface area (Å²) in [5.74, 6) is 0. The van der Waals surface area contributed by atoms with E-state index in [0.29, 0.717) is 0 Å². The van der Waals surface area contributed by atoms with E-state index >= 15 is 0 Å². The zero-order valence-electron chi connectivity index (χ0n) is 9.65. The summed E-state index contributed by atoms with van der Waals surface area (Å²) in [4.78, 5) is 0. The van der Waals surface area contributed by atoms with Gasteiger partial charge >= 0.3 is 0 Å². The Balaban J connectivity index is 2.51. The summed E-state index contributed by atoms with van der Waals surface area (Å²) in [6, 6.07) is 8.65. The van der Waals surface area contributed by atoms with Crippen LogP contribution in [0.25, 0.3) is 6.08 Å². The van der Waals surface area contributed by atoms with Gasteiger partial charge < -0.3 is 0 Å². The summed E-state index contributed by atoms with van der Waals surface area (Å²) in [5.41, 5.74) is 2.98. The van der Waals surface area contributed by atoms with Gasteiger partial charge in [-0.3, -0.25) is 0 Å². The second kappa shape index (κ2) is 4.52. The average Bonchev–Trinajstić information content (AvgIpc) is 2.30. The van der Waals surface area contributed by atoms with Crippen LogP contribution in [-0.2, 0) is 5.41 Å². The predicted molar refractivity (Wildman–Crippen MR) is 71.4 cm³/mol. The summed E-state index contributed by atoms with van der Waals surface area (Å²) in [6.45, 7) is 7.79. The first-order valence-electron chi connectivity index (χ1n) is 5.80. The molecule has 0 atom stereocenters. The Morgan fingerprint density at radius 2 is 1.81 bits per heavy atom. The second-order valence-corrected chi connectivity index (χ2v) is 4.46. The van der Waals surface area contributed by atoms with E-state index in [4.69, 9.17) is 0 Å². The number of fused-ring (bicyclic) bond motifs is 1. The smallest absolute Gasteiger partial charge is 0.00621 e. The van der Waals surface area contributed by atoms with Crippen molar-refractivity contribution in [2.24, 2.45) is 0 Å². The van der Waals surface area contributed by atoms with Gasteiger partial charge in [0.15, 0.2) is 0 Å². The van der Waals surface area contributed by atoms with Crippen LogP contribution >= 0.6 is 0 Å². The van der Waals surface area contributed by atoms with Crippen molar-refractivity contribution in [3.8, 4) is 0 Å². The minimum absolute atomic E-state index is 0.189. The van der Waals surface area contributed by atoms with Crippen molar-refractivity contribution >= 4 is 6.08 Å². The van der Waals surface area contributed by atoms with Crippen molar-refractivity contribution in [3.05, 3.63) is 66.8 Å². The molecule has 0 heterocycles. The Kier molecular flexibility index (Phi) is 3.09. The van der Waals surface area contributed by atoms with Gasteiger partial charge in [-0.1, -0.05) is 48.6 Å². The summed E-state index contributed by atoms with van der Waals surface area (Å²) in [6.07, 6.45) is 11.7. The van der Waals surface area contributed by atoms with Crippen LogP contribution in [0.5, 0.6) is 0 Å². The Labute approximate surface area is 98.0 Å². The molecular formula is C16H18. The van der Waals surface area contributed by atoms with E-state index in [0.717, 1.165) is 19.3 Å². The zero-order valence-corrected chi connectivity index (χ0v) is 9.65. The molecule has 0 radical (unpaired) electrons. The van der Waals surface area contributed by atoms with Crippen LogP contribution in [0, 0.1) is 0 Å². The van der Waals surface area contributed by atoms with Gasteiger partial charge in [0, 0.05) is 5.41 Å². The van der Waals surface area contributed by atoms with E-state index in [-0.39, 0.29) is 5.41 Å². The van der Waals surface area contributed by atoms with E-state index in [1.807, 2.05) is 12.2 Å². The maximum Gasteiger partial charge on any atom is 0.00621 e. The van der Waals surface area contributed by atoms with Crippen molar-refractivity contribution in [2.75, 3.05) is 0 Å². The van der Waals surface area contributed by atoms with E-state index in [1.54, 1.807) is 0 Å². The van der Waals surface area contributed by atoms with E-state index in [9.17, 15) is 0 Å². The summed E-state index contributed by atoms with van der Waals surface area (Å²) in [5, 5.41) is 0. The monoisotopic (exact) mass is 210 g/mol. The topological polar surface area (TPSA) is 0 Å². The third-order valence-corrected chi connectivity index (χ3v) is 3.41. The van der Waals surface area contributed by atoms with Gasteiger partial charge in [0.05, 0.1) is 0 Å². The van der Waals surface area contributed by atoms with E-state index < -0.39 is 0 Å². The highest BCUT2D eigenvalue weighted by molar-refractivity contribution is 5.59. The Morgan fingerprint density at radius 1 is 1.12 bits per heavy atom. The molecule has 0 heteroatoms. The van der Waals surface area contributed by atoms with Crippen molar-refractivity contribution in [2.45, 2.75) is 24.7 Å². The molecule has 0 aliphatic heterocycles. The number of rotatable bonds is 4. The van der Waals surface area contributed by atoms with Crippen LogP contribution in [0.15, 0.2) is 55.7 Å². The lowest BCUT2D eigenvalue weighted by molar-refractivity contribution is 0.438. The molecule has 0 aromatic heterocycles. The fourth-order valence-corrected chi connectivity index (χ4v) is 2.67. The lowest BCUT2D eigenvalue weighted by Crippen LogP contribution is -2.27. The highest BCUT2D eigenvalue weighted by Gasteiger charge is 2.31. The van der Waals surface area contributed by atoms with Crippen molar-refractivity contribution < 1.29 is 0 Å². The zero-order chi connectivity index (χ0) is 11.4. The Morgan fingerprint density at radius 3 is 2.50 bits per heavy atom. The fraction of sp³-hybridized carbons (Fsp3) is 0.250. The number of hydrogen-bond donors (Lipinski definition) is 0. The second-order valence-electron chi connectivity index (χ2n) is 4.46. The molecular weight excluding hydrogens is 192 g/mol. The predicted octanol–water partition coefficient (Wildman–Crippen LogP) is 4.49. The molecule has 2 rings (SSSR count). The third-order valence-electron chi connectivity index (χ3n) is 3.41. The minimum atomic E-state index is 0.189. The molecule has 0 saturated heterocycles. The number of allylic oxidation sites excluding steroid dienone is 3. The van der Waals surface area contributed by atoms with Crippen molar-refractivity contribution in [3.63, 3.8) is 0 Å². The van der Waals surface area contributed by atoms with Crippen molar-refractivity contribution in [1.29, 1.82) is 0 Å². The van der Waals surface area contributed by atoms with Gasteiger partial charge in [0.25, 0.3) is 0 Å².